The lowest BCUT2D eigenvalue weighted by Crippen LogP contribution is -2.34. The second-order valence-corrected chi connectivity index (χ2v) is 4.35. The highest BCUT2D eigenvalue weighted by molar-refractivity contribution is 5.78. The molecule has 19 heavy (non-hydrogen) atoms. The summed E-state index contributed by atoms with van der Waals surface area (Å²) in [5.74, 6) is -1.02. The van der Waals surface area contributed by atoms with Gasteiger partial charge in [0.2, 0.25) is 0 Å². The number of carboxylic acids is 1. The largest absolute Gasteiger partial charge is 0.490 e. The smallest absolute Gasteiger partial charge is 0.326 e. The summed E-state index contributed by atoms with van der Waals surface area (Å²) in [5.41, 5.74) is 0.299. The summed E-state index contributed by atoms with van der Waals surface area (Å²) in [4.78, 5) is 21.3. The minimum Gasteiger partial charge on any atom is -0.490 e. The van der Waals surface area contributed by atoms with Gasteiger partial charge in [0.25, 0.3) is 0 Å². The number of benzene rings is 1. The second-order valence-electron chi connectivity index (χ2n) is 4.35. The second kappa shape index (κ2) is 6.03. The van der Waals surface area contributed by atoms with E-state index in [-0.39, 0.29) is 17.4 Å². The van der Waals surface area contributed by atoms with E-state index in [1.165, 1.54) is 25.3 Å². The number of anilines is 1. The molecule has 1 atom stereocenters. The van der Waals surface area contributed by atoms with Gasteiger partial charge >= 0.3 is 11.7 Å². The Hall–Kier alpha value is -2.31. The Bertz CT molecular complexity index is 487. The molecule has 7 heteroatoms. The van der Waals surface area contributed by atoms with Gasteiger partial charge in [0.1, 0.15) is 6.04 Å². The first-order valence-electron chi connectivity index (χ1n) is 5.68. The first kappa shape index (κ1) is 14.7. The molecule has 0 unspecified atom stereocenters. The maximum Gasteiger partial charge on any atom is 0.326 e. The summed E-state index contributed by atoms with van der Waals surface area (Å²) in [6.45, 7) is 3.54. The predicted molar refractivity (Wildman–Crippen MR) is 69.5 cm³/mol. The van der Waals surface area contributed by atoms with Crippen LogP contribution in [0.25, 0.3) is 0 Å². The standard InChI is InChI=1S/C12H16N2O5/c1-7(2)11(12(15)16)13-8-4-5-9(14(17)18)10(6-8)19-3/h4-7,11,13H,1-3H3,(H,15,16)/t11-/m1/s1. The van der Waals surface area contributed by atoms with Crippen molar-refractivity contribution in [2.45, 2.75) is 19.9 Å². The highest BCUT2D eigenvalue weighted by atomic mass is 16.6. The molecule has 1 rings (SSSR count). The number of hydrogen-bond acceptors (Lipinski definition) is 5. The number of hydrogen-bond donors (Lipinski definition) is 2. The third-order valence-electron chi connectivity index (χ3n) is 2.63. The van der Waals surface area contributed by atoms with Crippen LogP contribution in [0.2, 0.25) is 0 Å². The average Bonchev–Trinajstić information content (AvgIpc) is 2.34. The summed E-state index contributed by atoms with van der Waals surface area (Å²) in [5, 5.41) is 22.6. The number of nitro groups is 1. The topological polar surface area (TPSA) is 102 Å². The van der Waals surface area contributed by atoms with Crippen LogP contribution in [0.5, 0.6) is 5.75 Å². The van der Waals surface area contributed by atoms with E-state index in [0.29, 0.717) is 5.69 Å². The van der Waals surface area contributed by atoms with Gasteiger partial charge in [-0.3, -0.25) is 10.1 Å². The number of nitro benzene ring substituents is 1. The van der Waals surface area contributed by atoms with Gasteiger partial charge in [-0.1, -0.05) is 13.8 Å². The van der Waals surface area contributed by atoms with Crippen molar-refractivity contribution in [3.63, 3.8) is 0 Å². The Balaban J connectivity index is 3.03. The fraction of sp³-hybridized carbons (Fsp3) is 0.417. The van der Waals surface area contributed by atoms with Crippen LogP contribution in [0, 0.1) is 16.0 Å². The molecule has 0 bridgehead atoms. The van der Waals surface area contributed by atoms with Crippen LogP contribution in [0.1, 0.15) is 13.8 Å². The Morgan fingerprint density at radius 1 is 1.47 bits per heavy atom. The molecule has 7 nitrogen and oxygen atoms in total. The van der Waals surface area contributed by atoms with Crippen molar-refractivity contribution in [2.24, 2.45) is 5.92 Å². The Labute approximate surface area is 110 Å². The number of nitrogens with zero attached hydrogens (tertiary/aromatic N) is 1. The van der Waals surface area contributed by atoms with E-state index < -0.39 is 16.9 Å². The fourth-order valence-electron chi connectivity index (χ4n) is 1.61. The van der Waals surface area contributed by atoms with Gasteiger partial charge in [-0.2, -0.15) is 0 Å². The predicted octanol–water partition coefficient (Wildman–Crippen LogP) is 2.12. The summed E-state index contributed by atoms with van der Waals surface area (Å²) in [6, 6.07) is 3.38. The van der Waals surface area contributed by atoms with E-state index in [2.05, 4.69) is 5.32 Å². The monoisotopic (exact) mass is 268 g/mol. The SMILES string of the molecule is COc1cc(N[C@@H](C(=O)O)C(C)C)ccc1[N+](=O)[O-]. The zero-order valence-corrected chi connectivity index (χ0v) is 10.9. The van der Waals surface area contributed by atoms with Crippen LogP contribution >= 0.6 is 0 Å². The molecule has 1 aromatic carbocycles. The zero-order chi connectivity index (χ0) is 14.6. The zero-order valence-electron chi connectivity index (χ0n) is 10.9. The van der Waals surface area contributed by atoms with Gasteiger partial charge in [0.15, 0.2) is 5.75 Å². The molecular weight excluding hydrogens is 252 g/mol. The minimum atomic E-state index is -0.979. The maximum atomic E-state index is 11.1. The number of carbonyl (C=O) groups is 1. The summed E-state index contributed by atoms with van der Waals surface area (Å²) >= 11 is 0. The third kappa shape index (κ3) is 3.57. The van der Waals surface area contributed by atoms with Crippen molar-refractivity contribution in [1.29, 1.82) is 0 Å². The van der Waals surface area contributed by atoms with E-state index in [1.807, 2.05) is 0 Å². The molecule has 0 aliphatic carbocycles. The van der Waals surface area contributed by atoms with E-state index in [4.69, 9.17) is 9.84 Å². The van der Waals surface area contributed by atoms with Crippen LogP contribution in [-0.4, -0.2) is 29.2 Å². The van der Waals surface area contributed by atoms with Crippen molar-refractivity contribution >= 4 is 17.3 Å². The van der Waals surface area contributed by atoms with Crippen molar-refractivity contribution in [2.75, 3.05) is 12.4 Å². The summed E-state index contributed by atoms with van der Waals surface area (Å²) in [7, 11) is 1.32. The lowest BCUT2D eigenvalue weighted by molar-refractivity contribution is -0.385. The van der Waals surface area contributed by atoms with E-state index in [1.54, 1.807) is 13.8 Å². The van der Waals surface area contributed by atoms with E-state index >= 15 is 0 Å². The molecule has 0 heterocycles. The quantitative estimate of drug-likeness (QED) is 0.605. The van der Waals surface area contributed by atoms with Crippen molar-refractivity contribution < 1.29 is 19.6 Å². The number of aliphatic carboxylic acids is 1. The first-order chi connectivity index (χ1) is 8.86. The summed E-state index contributed by atoms with van der Waals surface area (Å²) < 4.78 is 4.92. The molecule has 0 aliphatic rings. The van der Waals surface area contributed by atoms with E-state index in [9.17, 15) is 14.9 Å². The number of methoxy groups -OCH3 is 1. The molecular formula is C12H16N2O5. The highest BCUT2D eigenvalue weighted by Gasteiger charge is 2.22. The number of nitrogens with one attached hydrogen (secondary N) is 1. The lowest BCUT2D eigenvalue weighted by Gasteiger charge is -2.19. The van der Waals surface area contributed by atoms with Crippen LogP contribution in [0.3, 0.4) is 0 Å². The van der Waals surface area contributed by atoms with Crippen molar-refractivity contribution in [1.82, 2.24) is 0 Å². The fourth-order valence-corrected chi connectivity index (χ4v) is 1.61. The first-order valence-corrected chi connectivity index (χ1v) is 5.68. The highest BCUT2D eigenvalue weighted by Crippen LogP contribution is 2.30. The normalized spacial score (nSPS) is 12.0. The summed E-state index contributed by atoms with van der Waals surface area (Å²) in [6.07, 6.45) is 0. The van der Waals surface area contributed by atoms with Gasteiger partial charge in [-0.25, -0.2) is 4.79 Å². The maximum absolute atomic E-state index is 11.1. The molecule has 0 aliphatic heterocycles. The molecule has 0 saturated carbocycles. The Kier molecular flexibility index (Phi) is 4.68. The van der Waals surface area contributed by atoms with Crippen LogP contribution in [0.4, 0.5) is 11.4 Å². The van der Waals surface area contributed by atoms with Crippen molar-refractivity contribution in [3.05, 3.63) is 28.3 Å². The Morgan fingerprint density at radius 3 is 2.53 bits per heavy atom. The molecule has 2 N–H and O–H groups in total. The minimum absolute atomic E-state index is 0.0860. The van der Waals surface area contributed by atoms with Gasteiger partial charge < -0.3 is 15.2 Å². The van der Waals surface area contributed by atoms with Crippen LogP contribution in [0.15, 0.2) is 18.2 Å². The molecule has 0 saturated heterocycles. The number of carboxylic acid groups (broad SMARTS) is 1. The number of ether oxygens (including phenoxy) is 1. The van der Waals surface area contributed by atoms with Gasteiger partial charge in [-0.05, 0) is 12.0 Å². The number of rotatable bonds is 6. The van der Waals surface area contributed by atoms with Gasteiger partial charge in [0, 0.05) is 17.8 Å². The van der Waals surface area contributed by atoms with Gasteiger partial charge in [-0.15, -0.1) is 0 Å². The molecule has 0 spiro atoms. The molecule has 104 valence electrons. The van der Waals surface area contributed by atoms with Crippen LogP contribution in [-0.2, 0) is 4.79 Å². The van der Waals surface area contributed by atoms with Crippen LogP contribution < -0.4 is 10.1 Å². The third-order valence-corrected chi connectivity index (χ3v) is 2.63. The lowest BCUT2D eigenvalue weighted by atomic mass is 10.0. The average molecular weight is 268 g/mol. The molecule has 1 aromatic rings. The molecule has 0 amide bonds. The molecule has 0 radical (unpaired) electrons. The van der Waals surface area contributed by atoms with Crippen molar-refractivity contribution in [3.8, 4) is 5.75 Å². The molecule has 0 fully saturated rings. The Morgan fingerprint density at radius 2 is 2.11 bits per heavy atom. The molecule has 0 aromatic heterocycles. The van der Waals surface area contributed by atoms with Gasteiger partial charge in [0.05, 0.1) is 12.0 Å². The van der Waals surface area contributed by atoms with E-state index in [0.717, 1.165) is 0 Å².